The fourth-order valence-electron chi connectivity index (χ4n) is 4.65. The predicted molar refractivity (Wildman–Crippen MR) is 150 cm³/mol. The van der Waals surface area contributed by atoms with Crippen LogP contribution in [0.2, 0.25) is 0 Å². The van der Waals surface area contributed by atoms with Crippen molar-refractivity contribution in [3.63, 3.8) is 0 Å². The summed E-state index contributed by atoms with van der Waals surface area (Å²) in [6, 6.07) is 26.3. The van der Waals surface area contributed by atoms with Crippen molar-refractivity contribution in [3.8, 4) is 11.3 Å². The quantitative estimate of drug-likeness (QED) is 0.362. The molecule has 1 aliphatic rings. The van der Waals surface area contributed by atoms with Crippen molar-refractivity contribution in [3.05, 3.63) is 114 Å². The summed E-state index contributed by atoms with van der Waals surface area (Å²) in [5, 5.41) is 0. The van der Waals surface area contributed by atoms with Gasteiger partial charge in [-0.2, -0.15) is 4.98 Å². The van der Waals surface area contributed by atoms with Gasteiger partial charge in [0.05, 0.1) is 5.69 Å². The lowest BCUT2D eigenvalue weighted by atomic mass is 10.00. The molecule has 1 saturated heterocycles. The molecule has 196 valence electrons. The molecule has 0 bridgehead atoms. The summed E-state index contributed by atoms with van der Waals surface area (Å²) in [4.78, 5) is 39.2. The molecular formula is C31H28FN5O2. The third-order valence-electron chi connectivity index (χ3n) is 6.67. The van der Waals surface area contributed by atoms with Crippen molar-refractivity contribution in [2.75, 3.05) is 30.3 Å². The summed E-state index contributed by atoms with van der Waals surface area (Å²) in [6.07, 6.45) is 3.32. The van der Waals surface area contributed by atoms with E-state index in [1.165, 1.54) is 18.2 Å². The highest BCUT2D eigenvalue weighted by atomic mass is 19.1. The van der Waals surface area contributed by atoms with E-state index in [2.05, 4.69) is 9.97 Å². The molecule has 0 spiro atoms. The zero-order valence-electron chi connectivity index (χ0n) is 21.3. The Kier molecular flexibility index (Phi) is 7.73. The molecule has 0 radical (unpaired) electrons. The van der Waals surface area contributed by atoms with Crippen molar-refractivity contribution in [1.82, 2.24) is 14.9 Å². The number of benzene rings is 3. The summed E-state index contributed by atoms with van der Waals surface area (Å²) in [6.45, 7) is 0.987. The molecule has 1 amide bonds. The Balaban J connectivity index is 1.41. The highest BCUT2D eigenvalue weighted by molar-refractivity contribution is 5.94. The van der Waals surface area contributed by atoms with E-state index in [0.717, 1.165) is 11.1 Å². The van der Waals surface area contributed by atoms with Crippen LogP contribution in [-0.2, 0) is 16.0 Å². The van der Waals surface area contributed by atoms with Crippen LogP contribution in [0.25, 0.3) is 17.3 Å². The van der Waals surface area contributed by atoms with Crippen molar-refractivity contribution in [2.45, 2.75) is 12.5 Å². The summed E-state index contributed by atoms with van der Waals surface area (Å²) in [7, 11) is 0. The Hall–Kier alpha value is -4.85. The number of anilines is 2. The van der Waals surface area contributed by atoms with Gasteiger partial charge in [0, 0.05) is 43.8 Å². The molecule has 0 saturated carbocycles. The normalized spacial score (nSPS) is 15.5. The molecule has 7 nitrogen and oxygen atoms in total. The summed E-state index contributed by atoms with van der Waals surface area (Å²) in [5.41, 5.74) is 9.26. The molecule has 2 N–H and O–H groups in total. The molecule has 0 aliphatic carbocycles. The molecular weight excluding hydrogens is 493 g/mol. The fourth-order valence-corrected chi connectivity index (χ4v) is 4.65. The highest BCUT2D eigenvalue weighted by Crippen LogP contribution is 2.26. The number of hydrogen-bond acceptors (Lipinski definition) is 6. The van der Waals surface area contributed by atoms with Gasteiger partial charge in [-0.1, -0.05) is 72.8 Å². The van der Waals surface area contributed by atoms with Crippen molar-refractivity contribution < 1.29 is 14.0 Å². The van der Waals surface area contributed by atoms with Crippen LogP contribution < -0.4 is 10.6 Å². The number of carbonyl (C=O) groups excluding carboxylic acids is 2. The van der Waals surface area contributed by atoms with Crippen LogP contribution in [0.5, 0.6) is 0 Å². The monoisotopic (exact) mass is 521 g/mol. The minimum absolute atomic E-state index is 0.0281. The number of nitrogen functional groups attached to an aromatic ring is 1. The van der Waals surface area contributed by atoms with Crippen molar-refractivity contribution in [1.29, 1.82) is 0 Å². The summed E-state index contributed by atoms with van der Waals surface area (Å²) >= 11 is 0. The van der Waals surface area contributed by atoms with E-state index < -0.39 is 6.04 Å². The Morgan fingerprint density at radius 3 is 2.33 bits per heavy atom. The van der Waals surface area contributed by atoms with Crippen LogP contribution in [0.1, 0.15) is 11.1 Å². The Morgan fingerprint density at radius 1 is 0.923 bits per heavy atom. The first kappa shape index (κ1) is 25.8. The number of carbonyl (C=O) groups is 2. The number of amides is 1. The van der Waals surface area contributed by atoms with Gasteiger partial charge < -0.3 is 15.5 Å². The van der Waals surface area contributed by atoms with Gasteiger partial charge in [0.25, 0.3) is 0 Å². The predicted octanol–water partition coefficient (Wildman–Crippen LogP) is 4.41. The lowest BCUT2D eigenvalue weighted by Gasteiger charge is -2.41. The molecule has 5 rings (SSSR count). The fraction of sp³-hybridized carbons (Fsp3) is 0.161. The standard InChI is InChI=1S/C31H28FN5O2/c32-25-14-11-22(12-15-25)13-16-30(39)36-17-18-37(27(21-36)28(38)19-23-7-3-1-4-8-23)29-20-26(34-31(33)35-29)24-9-5-2-6-10-24/h1-16,20,27H,17-19,21H2,(H2,33,34,35). The van der Waals surface area contributed by atoms with E-state index in [-0.39, 0.29) is 36.4 Å². The molecule has 8 heteroatoms. The van der Waals surface area contributed by atoms with Crippen molar-refractivity contribution in [2.24, 2.45) is 0 Å². The van der Waals surface area contributed by atoms with E-state index in [4.69, 9.17) is 5.73 Å². The van der Waals surface area contributed by atoms with E-state index in [9.17, 15) is 14.0 Å². The first-order chi connectivity index (χ1) is 19.0. The van der Waals surface area contributed by atoms with Gasteiger partial charge in [-0.3, -0.25) is 9.59 Å². The van der Waals surface area contributed by atoms with E-state index >= 15 is 0 Å². The minimum Gasteiger partial charge on any atom is -0.368 e. The molecule has 1 aliphatic heterocycles. The zero-order chi connectivity index (χ0) is 27.2. The Morgan fingerprint density at radius 2 is 1.62 bits per heavy atom. The lowest BCUT2D eigenvalue weighted by Crippen LogP contribution is -2.58. The summed E-state index contributed by atoms with van der Waals surface area (Å²) < 4.78 is 13.2. The maximum atomic E-state index is 13.7. The van der Waals surface area contributed by atoms with E-state index in [1.807, 2.05) is 71.6 Å². The van der Waals surface area contributed by atoms with Gasteiger partial charge in [-0.25, -0.2) is 9.37 Å². The van der Waals surface area contributed by atoms with E-state index in [1.54, 1.807) is 23.1 Å². The van der Waals surface area contributed by atoms with Crippen molar-refractivity contribution >= 4 is 29.5 Å². The minimum atomic E-state index is -0.625. The number of ketones is 1. The van der Waals surface area contributed by atoms with Crippen LogP contribution in [0.4, 0.5) is 16.2 Å². The number of hydrogen-bond donors (Lipinski definition) is 1. The second kappa shape index (κ2) is 11.7. The largest absolute Gasteiger partial charge is 0.368 e. The van der Waals surface area contributed by atoms with Gasteiger partial charge >= 0.3 is 0 Å². The average Bonchev–Trinajstić information content (AvgIpc) is 2.97. The van der Waals surface area contributed by atoms with Gasteiger partial charge in [0.2, 0.25) is 11.9 Å². The van der Waals surface area contributed by atoms with Gasteiger partial charge in [-0.05, 0) is 29.3 Å². The van der Waals surface area contributed by atoms with Crippen LogP contribution in [0.15, 0.2) is 97.1 Å². The molecule has 1 aromatic heterocycles. The number of piperazine rings is 1. The SMILES string of the molecule is Nc1nc(-c2ccccc2)cc(N2CCN(C(=O)C=Cc3ccc(F)cc3)CC2C(=O)Cc2ccccc2)n1. The number of rotatable bonds is 7. The zero-order valence-corrected chi connectivity index (χ0v) is 21.3. The van der Waals surface area contributed by atoms with Crippen LogP contribution in [0.3, 0.4) is 0 Å². The highest BCUT2D eigenvalue weighted by Gasteiger charge is 2.34. The maximum absolute atomic E-state index is 13.7. The molecule has 4 aromatic rings. The molecule has 1 atom stereocenters. The number of nitrogens with zero attached hydrogens (tertiary/aromatic N) is 4. The maximum Gasteiger partial charge on any atom is 0.246 e. The van der Waals surface area contributed by atoms with Crippen LogP contribution in [-0.4, -0.2) is 52.2 Å². The second-order valence-corrected chi connectivity index (χ2v) is 9.34. The van der Waals surface area contributed by atoms with Gasteiger partial charge in [0.15, 0.2) is 5.78 Å². The number of aromatic nitrogens is 2. The molecule has 2 heterocycles. The first-order valence-corrected chi connectivity index (χ1v) is 12.7. The summed E-state index contributed by atoms with van der Waals surface area (Å²) in [5.74, 6) is 0.0709. The molecule has 1 fully saturated rings. The van der Waals surface area contributed by atoms with Crippen LogP contribution >= 0.6 is 0 Å². The first-order valence-electron chi connectivity index (χ1n) is 12.7. The number of nitrogens with two attached hydrogens (primary N) is 1. The second-order valence-electron chi connectivity index (χ2n) is 9.34. The Labute approximate surface area is 226 Å². The Bertz CT molecular complexity index is 1480. The third-order valence-corrected chi connectivity index (χ3v) is 6.67. The number of halogens is 1. The molecule has 3 aromatic carbocycles. The van der Waals surface area contributed by atoms with Gasteiger partial charge in [0.1, 0.15) is 17.7 Å². The smallest absolute Gasteiger partial charge is 0.246 e. The average molecular weight is 522 g/mol. The topological polar surface area (TPSA) is 92.4 Å². The molecule has 1 unspecified atom stereocenters. The number of Topliss-reactive ketones (excluding diaryl/α,β-unsaturated/α-hetero) is 1. The lowest BCUT2D eigenvalue weighted by molar-refractivity contribution is -0.128. The van der Waals surface area contributed by atoms with E-state index in [0.29, 0.717) is 30.2 Å². The third kappa shape index (κ3) is 6.35. The van der Waals surface area contributed by atoms with Crippen LogP contribution in [0, 0.1) is 5.82 Å². The van der Waals surface area contributed by atoms with Gasteiger partial charge in [-0.15, -0.1) is 0 Å². The molecule has 39 heavy (non-hydrogen) atoms.